The van der Waals surface area contributed by atoms with E-state index in [0.29, 0.717) is 0 Å². The lowest BCUT2D eigenvalue weighted by Gasteiger charge is -2.12. The van der Waals surface area contributed by atoms with Crippen molar-refractivity contribution in [2.75, 3.05) is 17.3 Å². The van der Waals surface area contributed by atoms with Gasteiger partial charge in [0.25, 0.3) is 0 Å². The minimum absolute atomic E-state index is 0.0161. The zero-order chi connectivity index (χ0) is 12.8. The Kier molecular flexibility index (Phi) is 2.86. The summed E-state index contributed by atoms with van der Waals surface area (Å²) in [5.74, 6) is 1.21. The van der Waals surface area contributed by atoms with Gasteiger partial charge in [0.2, 0.25) is 0 Å². The first-order chi connectivity index (χ1) is 8.61. The van der Waals surface area contributed by atoms with Gasteiger partial charge in [0.15, 0.2) is 15.0 Å². The lowest BCUT2D eigenvalue weighted by Crippen LogP contribution is -2.20. The average molecular weight is 282 g/mol. The van der Waals surface area contributed by atoms with Crippen LogP contribution in [-0.2, 0) is 9.84 Å². The second-order valence-corrected chi connectivity index (χ2v) is 7.80. The molecular weight excluding hydrogens is 268 g/mol. The number of thioether (sulfide) groups is 1. The number of benzene rings is 1. The van der Waals surface area contributed by atoms with E-state index in [9.17, 15) is 8.42 Å². The number of hydrogen-bond donors (Lipinski definition) is 0. The third kappa shape index (κ3) is 1.93. The van der Waals surface area contributed by atoms with Crippen LogP contribution in [0.15, 0.2) is 29.4 Å². The highest BCUT2D eigenvalue weighted by molar-refractivity contribution is 7.99. The highest BCUT2D eigenvalue weighted by atomic mass is 32.2. The summed E-state index contributed by atoms with van der Waals surface area (Å²) in [6, 6.07) is 7.90. The van der Waals surface area contributed by atoms with Gasteiger partial charge in [-0.15, -0.1) is 0 Å². The molecule has 0 amide bonds. The molecule has 0 unspecified atom stereocenters. The molecule has 0 saturated heterocycles. The average Bonchev–Trinajstić information content (AvgIpc) is 2.89. The summed E-state index contributed by atoms with van der Waals surface area (Å²) in [7, 11) is -2.95. The molecule has 2 heterocycles. The molecule has 6 heteroatoms. The zero-order valence-corrected chi connectivity index (χ0v) is 11.7. The molecule has 0 bridgehead atoms. The Bertz CT molecular complexity index is 691. The van der Waals surface area contributed by atoms with Crippen LogP contribution < -0.4 is 0 Å². The molecule has 4 nitrogen and oxygen atoms in total. The molecule has 3 rings (SSSR count). The van der Waals surface area contributed by atoms with Gasteiger partial charge in [-0.1, -0.05) is 30.8 Å². The van der Waals surface area contributed by atoms with E-state index in [0.717, 1.165) is 21.9 Å². The van der Waals surface area contributed by atoms with Gasteiger partial charge in [0.1, 0.15) is 0 Å². The molecule has 1 aliphatic rings. The molecule has 1 aromatic heterocycles. The Hall–Kier alpha value is -1.01. The van der Waals surface area contributed by atoms with Crippen molar-refractivity contribution in [2.45, 2.75) is 18.1 Å². The fraction of sp³-hybridized carbons (Fsp3) is 0.417. The van der Waals surface area contributed by atoms with Crippen LogP contribution >= 0.6 is 11.8 Å². The van der Waals surface area contributed by atoms with Crippen molar-refractivity contribution in [3.8, 4) is 0 Å². The van der Waals surface area contributed by atoms with Gasteiger partial charge in [-0.25, -0.2) is 13.4 Å². The largest absolute Gasteiger partial charge is 0.314 e. The van der Waals surface area contributed by atoms with Crippen LogP contribution in [0.25, 0.3) is 11.0 Å². The Morgan fingerprint density at radius 1 is 1.44 bits per heavy atom. The lowest BCUT2D eigenvalue weighted by atomic mass is 10.3. The predicted octanol–water partition coefficient (Wildman–Crippen LogP) is 2.12. The van der Waals surface area contributed by atoms with E-state index in [4.69, 9.17) is 0 Å². The van der Waals surface area contributed by atoms with Crippen molar-refractivity contribution >= 4 is 32.6 Å². The van der Waals surface area contributed by atoms with Crippen LogP contribution in [0.2, 0.25) is 0 Å². The molecule has 1 aliphatic heterocycles. The molecule has 0 fully saturated rings. The number of rotatable bonds is 3. The maximum atomic E-state index is 11.8. The van der Waals surface area contributed by atoms with Crippen LogP contribution in [0.4, 0.5) is 0 Å². The number of para-hydroxylation sites is 2. The molecule has 96 valence electrons. The SMILES string of the molecule is CCS(=O)(=O)C[C@H]1CSc2nc3ccccc3n21. The number of nitrogens with zero attached hydrogens (tertiary/aromatic N) is 2. The van der Waals surface area contributed by atoms with Crippen molar-refractivity contribution in [2.24, 2.45) is 0 Å². The first kappa shape index (κ1) is 12.0. The standard InChI is InChI=1S/C12H14N2O2S2/c1-2-18(15,16)8-9-7-17-12-13-10-5-3-4-6-11(10)14(9)12/h3-6,9H,2,7-8H2,1H3/t9-/m1/s1. The first-order valence-electron chi connectivity index (χ1n) is 5.91. The minimum atomic E-state index is -2.95. The fourth-order valence-electron chi connectivity index (χ4n) is 2.26. The molecular formula is C12H14N2O2S2. The second-order valence-electron chi connectivity index (χ2n) is 4.42. The van der Waals surface area contributed by atoms with Gasteiger partial charge < -0.3 is 4.57 Å². The van der Waals surface area contributed by atoms with Gasteiger partial charge in [-0.2, -0.15) is 0 Å². The summed E-state index contributed by atoms with van der Waals surface area (Å²) in [6.07, 6.45) is 0. The van der Waals surface area contributed by atoms with E-state index in [2.05, 4.69) is 9.55 Å². The number of fused-ring (bicyclic) bond motifs is 3. The molecule has 1 aromatic carbocycles. The number of hydrogen-bond acceptors (Lipinski definition) is 4. The van der Waals surface area contributed by atoms with Gasteiger partial charge in [0, 0.05) is 11.5 Å². The molecule has 0 radical (unpaired) electrons. The number of imidazole rings is 1. The van der Waals surface area contributed by atoms with E-state index in [1.54, 1.807) is 18.7 Å². The Morgan fingerprint density at radius 3 is 3.00 bits per heavy atom. The minimum Gasteiger partial charge on any atom is -0.314 e. The smallest absolute Gasteiger partial charge is 0.169 e. The lowest BCUT2D eigenvalue weighted by molar-refractivity contribution is 0.560. The van der Waals surface area contributed by atoms with Crippen LogP contribution in [0.3, 0.4) is 0 Å². The Balaban J connectivity index is 2.05. The highest BCUT2D eigenvalue weighted by Crippen LogP contribution is 2.37. The Labute approximate surface area is 110 Å². The van der Waals surface area contributed by atoms with Gasteiger partial charge >= 0.3 is 0 Å². The van der Waals surface area contributed by atoms with Crippen molar-refractivity contribution in [3.05, 3.63) is 24.3 Å². The second kappa shape index (κ2) is 4.28. The molecule has 0 aliphatic carbocycles. The molecule has 0 N–H and O–H groups in total. The zero-order valence-electron chi connectivity index (χ0n) is 10.0. The topological polar surface area (TPSA) is 52.0 Å². The van der Waals surface area contributed by atoms with Crippen LogP contribution in [0.5, 0.6) is 0 Å². The fourth-order valence-corrected chi connectivity index (χ4v) is 4.65. The third-order valence-corrected chi connectivity index (χ3v) is 6.09. The Morgan fingerprint density at radius 2 is 2.22 bits per heavy atom. The van der Waals surface area contributed by atoms with Crippen molar-refractivity contribution in [1.29, 1.82) is 0 Å². The van der Waals surface area contributed by atoms with Crippen LogP contribution in [-0.4, -0.2) is 35.2 Å². The van der Waals surface area contributed by atoms with E-state index in [-0.39, 0.29) is 17.5 Å². The summed E-state index contributed by atoms with van der Waals surface area (Å²) < 4.78 is 25.6. The highest BCUT2D eigenvalue weighted by Gasteiger charge is 2.29. The molecule has 18 heavy (non-hydrogen) atoms. The molecule has 1 atom stereocenters. The summed E-state index contributed by atoms with van der Waals surface area (Å²) in [4.78, 5) is 4.53. The van der Waals surface area contributed by atoms with Gasteiger partial charge in [0.05, 0.1) is 22.8 Å². The van der Waals surface area contributed by atoms with Gasteiger partial charge in [-0.05, 0) is 12.1 Å². The van der Waals surface area contributed by atoms with Crippen LogP contribution in [0, 0.1) is 0 Å². The molecule has 0 spiro atoms. The maximum Gasteiger partial charge on any atom is 0.169 e. The van der Waals surface area contributed by atoms with Crippen molar-refractivity contribution in [3.63, 3.8) is 0 Å². The first-order valence-corrected chi connectivity index (χ1v) is 8.71. The maximum absolute atomic E-state index is 11.8. The summed E-state index contributed by atoms with van der Waals surface area (Å²) in [6.45, 7) is 1.70. The molecule has 0 saturated carbocycles. The van der Waals surface area contributed by atoms with E-state index in [1.807, 2.05) is 24.3 Å². The summed E-state index contributed by atoms with van der Waals surface area (Å²) >= 11 is 1.64. The molecule has 2 aromatic rings. The summed E-state index contributed by atoms with van der Waals surface area (Å²) in [5, 5.41) is 0.938. The van der Waals surface area contributed by atoms with Crippen LogP contribution in [0.1, 0.15) is 13.0 Å². The normalized spacial score (nSPS) is 19.3. The summed E-state index contributed by atoms with van der Waals surface area (Å²) in [5.41, 5.74) is 1.98. The van der Waals surface area contributed by atoms with Crippen molar-refractivity contribution < 1.29 is 8.42 Å². The van der Waals surface area contributed by atoms with E-state index >= 15 is 0 Å². The van der Waals surface area contributed by atoms with E-state index in [1.165, 1.54) is 0 Å². The quantitative estimate of drug-likeness (QED) is 0.865. The third-order valence-electron chi connectivity index (χ3n) is 3.22. The van der Waals surface area contributed by atoms with E-state index < -0.39 is 9.84 Å². The monoisotopic (exact) mass is 282 g/mol. The van der Waals surface area contributed by atoms with Gasteiger partial charge in [-0.3, -0.25) is 0 Å². The number of aromatic nitrogens is 2. The number of sulfone groups is 1. The predicted molar refractivity (Wildman–Crippen MR) is 73.8 cm³/mol. The van der Waals surface area contributed by atoms with Crippen molar-refractivity contribution in [1.82, 2.24) is 9.55 Å².